The number of rotatable bonds is 2. The molecule has 0 aliphatic heterocycles. The van der Waals surface area contributed by atoms with E-state index in [0.717, 1.165) is 22.2 Å². The van der Waals surface area contributed by atoms with Gasteiger partial charge < -0.3 is 4.98 Å². The number of nitrogens with one attached hydrogen (secondary N) is 1. The fraction of sp³-hybridized carbons (Fsp3) is 0. The van der Waals surface area contributed by atoms with E-state index in [1.165, 1.54) is 12.1 Å². The van der Waals surface area contributed by atoms with Gasteiger partial charge in [0, 0.05) is 35.5 Å². The monoisotopic (exact) mass is 239 g/mol. The van der Waals surface area contributed by atoms with E-state index in [4.69, 9.17) is 0 Å². The Kier molecular flexibility index (Phi) is 2.30. The summed E-state index contributed by atoms with van der Waals surface area (Å²) >= 11 is 0. The SMILES string of the molecule is O=[N+]([O-])c1ccc(-c2c[nH]c3ncccc23)cc1. The summed E-state index contributed by atoms with van der Waals surface area (Å²) in [5, 5.41) is 11.6. The standard InChI is InChI=1S/C13H9N3O2/c17-16(18)10-5-3-9(4-6-10)12-8-15-13-11(12)2-1-7-14-13/h1-8H,(H,14,15). The number of hydrogen-bond donors (Lipinski definition) is 1. The second-order valence-electron chi connectivity index (χ2n) is 3.91. The maximum atomic E-state index is 10.6. The van der Waals surface area contributed by atoms with Gasteiger partial charge >= 0.3 is 0 Å². The first kappa shape index (κ1) is 10.5. The van der Waals surface area contributed by atoms with Crippen LogP contribution in [0.4, 0.5) is 5.69 Å². The summed E-state index contributed by atoms with van der Waals surface area (Å²) in [5.41, 5.74) is 2.83. The van der Waals surface area contributed by atoms with Crippen molar-refractivity contribution in [3.8, 4) is 11.1 Å². The van der Waals surface area contributed by atoms with Crippen molar-refractivity contribution in [2.24, 2.45) is 0 Å². The lowest BCUT2D eigenvalue weighted by atomic mass is 10.1. The fourth-order valence-electron chi connectivity index (χ4n) is 1.96. The molecule has 5 heteroatoms. The highest BCUT2D eigenvalue weighted by atomic mass is 16.6. The number of nitrogens with zero attached hydrogens (tertiary/aromatic N) is 2. The normalized spacial score (nSPS) is 10.7. The highest BCUT2D eigenvalue weighted by Crippen LogP contribution is 2.28. The Morgan fingerprint density at radius 2 is 1.94 bits per heavy atom. The fourth-order valence-corrected chi connectivity index (χ4v) is 1.96. The van der Waals surface area contributed by atoms with Gasteiger partial charge in [0.1, 0.15) is 5.65 Å². The Morgan fingerprint density at radius 1 is 1.17 bits per heavy atom. The number of nitro benzene ring substituents is 1. The number of pyridine rings is 1. The summed E-state index contributed by atoms with van der Waals surface area (Å²) < 4.78 is 0. The van der Waals surface area contributed by atoms with Gasteiger partial charge in [-0.1, -0.05) is 0 Å². The Bertz CT molecular complexity index is 716. The molecule has 0 amide bonds. The molecule has 0 saturated heterocycles. The third-order valence-electron chi connectivity index (χ3n) is 2.84. The minimum absolute atomic E-state index is 0.0942. The zero-order chi connectivity index (χ0) is 12.5. The number of nitro groups is 1. The van der Waals surface area contributed by atoms with E-state index >= 15 is 0 Å². The smallest absolute Gasteiger partial charge is 0.269 e. The van der Waals surface area contributed by atoms with E-state index in [1.807, 2.05) is 18.3 Å². The molecule has 0 spiro atoms. The highest BCUT2D eigenvalue weighted by molar-refractivity contribution is 5.93. The predicted molar refractivity (Wildman–Crippen MR) is 68.2 cm³/mol. The lowest BCUT2D eigenvalue weighted by Crippen LogP contribution is -1.86. The lowest BCUT2D eigenvalue weighted by Gasteiger charge is -1.98. The molecule has 3 rings (SSSR count). The van der Waals surface area contributed by atoms with Crippen molar-refractivity contribution in [3.63, 3.8) is 0 Å². The molecule has 3 aromatic rings. The van der Waals surface area contributed by atoms with E-state index < -0.39 is 4.92 Å². The predicted octanol–water partition coefficient (Wildman–Crippen LogP) is 3.14. The molecule has 88 valence electrons. The molecule has 0 atom stereocenters. The largest absolute Gasteiger partial charge is 0.346 e. The Hall–Kier alpha value is -2.69. The number of aromatic nitrogens is 2. The zero-order valence-corrected chi connectivity index (χ0v) is 9.33. The zero-order valence-electron chi connectivity index (χ0n) is 9.33. The first-order chi connectivity index (χ1) is 8.75. The topological polar surface area (TPSA) is 71.8 Å². The van der Waals surface area contributed by atoms with E-state index in [-0.39, 0.29) is 5.69 Å². The molecule has 1 aromatic carbocycles. The van der Waals surface area contributed by atoms with Crippen molar-refractivity contribution in [2.45, 2.75) is 0 Å². The second-order valence-corrected chi connectivity index (χ2v) is 3.91. The molecule has 0 radical (unpaired) electrons. The van der Waals surface area contributed by atoms with Crippen molar-refractivity contribution in [2.75, 3.05) is 0 Å². The summed E-state index contributed by atoms with van der Waals surface area (Å²) in [5.74, 6) is 0. The van der Waals surface area contributed by atoms with Crippen LogP contribution in [-0.2, 0) is 0 Å². The summed E-state index contributed by atoms with van der Waals surface area (Å²) in [6, 6.07) is 10.3. The van der Waals surface area contributed by atoms with Crippen molar-refractivity contribution >= 4 is 16.7 Å². The van der Waals surface area contributed by atoms with Gasteiger partial charge in [0.25, 0.3) is 5.69 Å². The molecule has 0 fully saturated rings. The molecule has 0 bridgehead atoms. The third kappa shape index (κ3) is 1.62. The van der Waals surface area contributed by atoms with Gasteiger partial charge in [-0.15, -0.1) is 0 Å². The van der Waals surface area contributed by atoms with Gasteiger partial charge in [-0.25, -0.2) is 4.98 Å². The van der Waals surface area contributed by atoms with Crippen LogP contribution in [0.3, 0.4) is 0 Å². The second kappa shape index (κ2) is 3.96. The quantitative estimate of drug-likeness (QED) is 0.551. The third-order valence-corrected chi connectivity index (χ3v) is 2.84. The number of H-pyrrole nitrogens is 1. The maximum absolute atomic E-state index is 10.6. The number of hydrogen-bond acceptors (Lipinski definition) is 3. The van der Waals surface area contributed by atoms with Gasteiger partial charge in [-0.2, -0.15) is 0 Å². The van der Waals surface area contributed by atoms with Crippen LogP contribution in [0.25, 0.3) is 22.2 Å². The van der Waals surface area contributed by atoms with Gasteiger partial charge in [-0.05, 0) is 29.8 Å². The molecule has 0 aliphatic rings. The first-order valence-electron chi connectivity index (χ1n) is 5.42. The van der Waals surface area contributed by atoms with Crippen molar-refractivity contribution < 1.29 is 4.92 Å². The van der Waals surface area contributed by atoms with Crippen LogP contribution in [0.2, 0.25) is 0 Å². The van der Waals surface area contributed by atoms with Crippen LogP contribution in [0, 0.1) is 10.1 Å². The van der Waals surface area contributed by atoms with Crippen molar-refractivity contribution in [1.29, 1.82) is 0 Å². The number of fused-ring (bicyclic) bond motifs is 1. The molecule has 18 heavy (non-hydrogen) atoms. The van der Waals surface area contributed by atoms with Crippen LogP contribution in [0.5, 0.6) is 0 Å². The summed E-state index contributed by atoms with van der Waals surface area (Å²) in [6.45, 7) is 0. The maximum Gasteiger partial charge on any atom is 0.269 e. The Labute approximate surface area is 102 Å². The number of non-ortho nitro benzene ring substituents is 1. The molecule has 2 heterocycles. The average molecular weight is 239 g/mol. The van der Waals surface area contributed by atoms with Gasteiger partial charge in [0.05, 0.1) is 4.92 Å². The molecular weight excluding hydrogens is 230 g/mol. The van der Waals surface area contributed by atoms with E-state index in [1.54, 1.807) is 18.3 Å². The van der Waals surface area contributed by atoms with Crippen LogP contribution in [-0.4, -0.2) is 14.9 Å². The minimum atomic E-state index is -0.402. The van der Waals surface area contributed by atoms with Crippen molar-refractivity contribution in [1.82, 2.24) is 9.97 Å². The lowest BCUT2D eigenvalue weighted by molar-refractivity contribution is -0.384. The van der Waals surface area contributed by atoms with Crippen LogP contribution >= 0.6 is 0 Å². The molecule has 0 saturated carbocycles. The summed E-state index contributed by atoms with van der Waals surface area (Å²) in [6.07, 6.45) is 3.58. The molecular formula is C13H9N3O2. The van der Waals surface area contributed by atoms with E-state index in [2.05, 4.69) is 9.97 Å². The van der Waals surface area contributed by atoms with Crippen LogP contribution in [0.1, 0.15) is 0 Å². The first-order valence-corrected chi connectivity index (χ1v) is 5.42. The molecule has 2 aromatic heterocycles. The van der Waals surface area contributed by atoms with Crippen molar-refractivity contribution in [3.05, 3.63) is 58.9 Å². The summed E-state index contributed by atoms with van der Waals surface area (Å²) in [7, 11) is 0. The average Bonchev–Trinajstić information content (AvgIpc) is 2.82. The van der Waals surface area contributed by atoms with E-state index in [9.17, 15) is 10.1 Å². The van der Waals surface area contributed by atoms with Gasteiger partial charge in [0.2, 0.25) is 0 Å². The van der Waals surface area contributed by atoms with Gasteiger partial charge in [-0.3, -0.25) is 10.1 Å². The van der Waals surface area contributed by atoms with E-state index in [0.29, 0.717) is 0 Å². The Morgan fingerprint density at radius 3 is 2.67 bits per heavy atom. The number of benzene rings is 1. The Balaban J connectivity index is 2.12. The molecule has 1 N–H and O–H groups in total. The molecule has 0 aliphatic carbocycles. The molecule has 0 unspecified atom stereocenters. The van der Waals surface area contributed by atoms with Crippen LogP contribution < -0.4 is 0 Å². The summed E-state index contributed by atoms with van der Waals surface area (Å²) in [4.78, 5) is 17.5. The van der Waals surface area contributed by atoms with Crippen LogP contribution in [0.15, 0.2) is 48.8 Å². The number of aromatic amines is 1. The molecule has 5 nitrogen and oxygen atoms in total. The highest BCUT2D eigenvalue weighted by Gasteiger charge is 2.08. The minimum Gasteiger partial charge on any atom is -0.346 e. The van der Waals surface area contributed by atoms with Gasteiger partial charge in [0.15, 0.2) is 0 Å².